The minimum absolute atomic E-state index is 0.0119. The highest BCUT2D eigenvalue weighted by Crippen LogP contribution is 2.50. The summed E-state index contributed by atoms with van der Waals surface area (Å²) >= 11 is 1.37. The largest absolute Gasteiger partial charge is 0.348 e. The smallest absolute Gasteiger partial charge is 0.270 e. The van der Waals surface area contributed by atoms with E-state index >= 15 is 0 Å². The molecule has 1 aliphatic heterocycles. The maximum atomic E-state index is 12.3. The van der Waals surface area contributed by atoms with E-state index in [-0.39, 0.29) is 17.9 Å². The number of nitrogens with zero attached hydrogens (tertiary/aromatic N) is 4. The normalized spacial score (nSPS) is 29.0. The number of rotatable bonds is 4. The van der Waals surface area contributed by atoms with Crippen molar-refractivity contribution in [3.63, 3.8) is 0 Å². The van der Waals surface area contributed by atoms with E-state index in [1.807, 2.05) is 0 Å². The summed E-state index contributed by atoms with van der Waals surface area (Å²) < 4.78 is 31.0. The van der Waals surface area contributed by atoms with Gasteiger partial charge in [0, 0.05) is 24.5 Å². The minimum atomic E-state index is -3.31. The average Bonchev–Trinajstić information content (AvgIpc) is 3.28. The van der Waals surface area contributed by atoms with Gasteiger partial charge < -0.3 is 9.84 Å². The van der Waals surface area contributed by atoms with Gasteiger partial charge in [-0.1, -0.05) is 5.16 Å². The molecular formula is C15H19N5O4S2. The first-order valence-electron chi connectivity index (χ1n) is 8.23. The molecule has 11 heteroatoms. The van der Waals surface area contributed by atoms with E-state index < -0.39 is 15.4 Å². The van der Waals surface area contributed by atoms with Gasteiger partial charge in [0.2, 0.25) is 15.9 Å². The van der Waals surface area contributed by atoms with Crippen LogP contribution in [-0.4, -0.2) is 59.1 Å². The van der Waals surface area contributed by atoms with Crippen molar-refractivity contribution in [1.82, 2.24) is 24.7 Å². The third-order valence-electron chi connectivity index (χ3n) is 5.27. The zero-order chi connectivity index (χ0) is 18.5. The van der Waals surface area contributed by atoms with Gasteiger partial charge in [-0.15, -0.1) is 11.3 Å². The second-order valence-corrected chi connectivity index (χ2v) is 9.74. The first-order chi connectivity index (χ1) is 12.3. The summed E-state index contributed by atoms with van der Waals surface area (Å²) in [4.78, 5) is 20.7. The number of hydrogen-bond acceptors (Lipinski definition) is 8. The van der Waals surface area contributed by atoms with Crippen molar-refractivity contribution in [1.29, 1.82) is 0 Å². The Morgan fingerprint density at radius 1 is 1.50 bits per heavy atom. The van der Waals surface area contributed by atoms with Crippen molar-refractivity contribution in [3.8, 4) is 0 Å². The predicted molar refractivity (Wildman–Crippen MR) is 93.2 cm³/mol. The fourth-order valence-corrected chi connectivity index (χ4v) is 5.55. The quantitative estimate of drug-likeness (QED) is 0.800. The number of sulfonamides is 1. The van der Waals surface area contributed by atoms with Crippen LogP contribution in [0.1, 0.15) is 35.0 Å². The zero-order valence-electron chi connectivity index (χ0n) is 14.4. The molecule has 0 spiro atoms. The molecule has 2 fully saturated rings. The number of amides is 1. The van der Waals surface area contributed by atoms with Gasteiger partial charge in [0.15, 0.2) is 5.82 Å². The summed E-state index contributed by atoms with van der Waals surface area (Å²) in [7, 11) is -3.31. The lowest BCUT2D eigenvalue weighted by molar-refractivity contribution is 0.0930. The van der Waals surface area contributed by atoms with Gasteiger partial charge in [0.25, 0.3) is 5.91 Å². The highest BCUT2D eigenvalue weighted by Gasteiger charge is 2.59. The number of thiazole rings is 1. The van der Waals surface area contributed by atoms with Crippen molar-refractivity contribution in [2.24, 2.45) is 5.92 Å². The number of nitrogens with one attached hydrogen (secondary N) is 1. The number of carbonyl (C=O) groups is 1. The summed E-state index contributed by atoms with van der Waals surface area (Å²) in [5.41, 5.74) is 1.45. The predicted octanol–water partition coefficient (Wildman–Crippen LogP) is 0.556. The Morgan fingerprint density at radius 3 is 2.92 bits per heavy atom. The van der Waals surface area contributed by atoms with E-state index in [9.17, 15) is 13.2 Å². The molecule has 26 heavy (non-hydrogen) atoms. The highest BCUT2D eigenvalue weighted by molar-refractivity contribution is 7.88. The molecule has 0 bridgehead atoms. The fraction of sp³-hybridized carbons (Fsp3) is 0.600. The maximum absolute atomic E-state index is 12.3. The molecule has 2 aromatic heterocycles. The molecule has 1 saturated heterocycles. The van der Waals surface area contributed by atoms with Gasteiger partial charge in [-0.3, -0.25) is 4.79 Å². The first kappa shape index (κ1) is 17.6. The lowest BCUT2D eigenvalue weighted by Gasteiger charge is -2.24. The molecule has 1 saturated carbocycles. The van der Waals surface area contributed by atoms with Gasteiger partial charge >= 0.3 is 0 Å². The molecule has 140 valence electrons. The van der Waals surface area contributed by atoms with Crippen LogP contribution >= 0.6 is 11.3 Å². The van der Waals surface area contributed by atoms with Crippen molar-refractivity contribution < 1.29 is 17.7 Å². The number of hydrogen-bond donors (Lipinski definition) is 1. The molecule has 1 aliphatic carbocycles. The van der Waals surface area contributed by atoms with Gasteiger partial charge in [-0.25, -0.2) is 17.7 Å². The third kappa shape index (κ3) is 2.93. The Bertz CT molecular complexity index is 926. The molecule has 4 rings (SSSR count). The summed E-state index contributed by atoms with van der Waals surface area (Å²) in [6.45, 7) is 2.42. The SMILES string of the molecule is Cc1noc(C23CC(NC(=O)c4cscn4)CC2CN(S(C)(=O)=O)C3)n1. The molecule has 1 N–H and O–H groups in total. The molecule has 1 amide bonds. The van der Waals surface area contributed by atoms with Crippen molar-refractivity contribution in [2.45, 2.75) is 31.2 Å². The maximum Gasteiger partial charge on any atom is 0.270 e. The van der Waals surface area contributed by atoms with Crippen molar-refractivity contribution >= 4 is 27.3 Å². The number of fused-ring (bicyclic) bond motifs is 1. The van der Waals surface area contributed by atoms with E-state index in [0.29, 0.717) is 43.3 Å². The highest BCUT2D eigenvalue weighted by atomic mass is 32.2. The molecule has 2 aliphatic rings. The summed E-state index contributed by atoms with van der Waals surface area (Å²) in [5.74, 6) is 0.767. The van der Waals surface area contributed by atoms with Crippen LogP contribution < -0.4 is 5.32 Å². The van der Waals surface area contributed by atoms with E-state index in [0.717, 1.165) is 0 Å². The summed E-state index contributed by atoms with van der Waals surface area (Å²) in [6, 6.07) is -0.0943. The van der Waals surface area contributed by atoms with E-state index in [4.69, 9.17) is 4.52 Å². The van der Waals surface area contributed by atoms with Crippen LogP contribution in [0.2, 0.25) is 0 Å². The molecular weight excluding hydrogens is 378 g/mol. The van der Waals surface area contributed by atoms with Crippen LogP contribution in [0.15, 0.2) is 15.4 Å². The molecule has 3 atom stereocenters. The second kappa shape index (κ2) is 6.10. The molecule has 3 heterocycles. The zero-order valence-corrected chi connectivity index (χ0v) is 16.0. The Kier molecular flexibility index (Phi) is 4.12. The van der Waals surface area contributed by atoms with Crippen LogP contribution in [0.5, 0.6) is 0 Å². The van der Waals surface area contributed by atoms with E-state index in [1.54, 1.807) is 17.8 Å². The molecule has 9 nitrogen and oxygen atoms in total. The van der Waals surface area contributed by atoms with Crippen LogP contribution in [-0.2, 0) is 15.4 Å². The lowest BCUT2D eigenvalue weighted by atomic mass is 9.80. The van der Waals surface area contributed by atoms with E-state index in [1.165, 1.54) is 21.9 Å². The average molecular weight is 397 g/mol. The minimum Gasteiger partial charge on any atom is -0.348 e. The first-order valence-corrected chi connectivity index (χ1v) is 11.0. The lowest BCUT2D eigenvalue weighted by Crippen LogP contribution is -2.39. The van der Waals surface area contributed by atoms with Crippen molar-refractivity contribution in [3.05, 3.63) is 28.3 Å². The molecule has 0 radical (unpaired) electrons. The third-order valence-corrected chi connectivity index (χ3v) is 7.07. The Hall–Kier alpha value is -1.85. The van der Waals surface area contributed by atoms with E-state index in [2.05, 4.69) is 20.4 Å². The number of carbonyl (C=O) groups excluding carboxylic acids is 1. The molecule has 3 unspecified atom stereocenters. The Labute approximate surface area is 154 Å². The Morgan fingerprint density at radius 2 is 2.31 bits per heavy atom. The van der Waals surface area contributed by atoms with Gasteiger partial charge in [0.05, 0.1) is 17.2 Å². The van der Waals surface area contributed by atoms with Crippen LogP contribution in [0.25, 0.3) is 0 Å². The number of aromatic nitrogens is 3. The summed E-state index contributed by atoms with van der Waals surface area (Å²) in [6.07, 6.45) is 2.42. The number of aryl methyl sites for hydroxylation is 1. The van der Waals surface area contributed by atoms with Gasteiger partial charge in [0.1, 0.15) is 5.69 Å². The van der Waals surface area contributed by atoms with Crippen LogP contribution in [0.4, 0.5) is 0 Å². The summed E-state index contributed by atoms with van der Waals surface area (Å²) in [5, 5.41) is 8.59. The van der Waals surface area contributed by atoms with Gasteiger partial charge in [-0.05, 0) is 25.7 Å². The monoisotopic (exact) mass is 397 g/mol. The van der Waals surface area contributed by atoms with Crippen LogP contribution in [0.3, 0.4) is 0 Å². The second-order valence-electron chi connectivity index (χ2n) is 7.04. The standard InChI is InChI=1S/C15H19N5O4S2/c1-9-17-14(24-19-9)15-4-11(18-13(21)12-6-25-8-16-12)3-10(15)5-20(7-15)26(2,22)23/h6,8,10-11H,3-5,7H2,1-2H3,(H,18,21). The Balaban J connectivity index is 1.60. The molecule has 0 aromatic carbocycles. The fourth-order valence-electron chi connectivity index (χ4n) is 4.10. The topological polar surface area (TPSA) is 118 Å². The van der Waals surface area contributed by atoms with Gasteiger partial charge in [-0.2, -0.15) is 4.98 Å². The molecule has 2 aromatic rings. The van der Waals surface area contributed by atoms with Crippen LogP contribution in [0, 0.1) is 12.8 Å². The van der Waals surface area contributed by atoms with Crippen molar-refractivity contribution in [2.75, 3.05) is 19.3 Å².